The Hall–Kier alpha value is 0.650. The summed E-state index contributed by atoms with van der Waals surface area (Å²) < 4.78 is 0.904. The predicted molar refractivity (Wildman–Crippen MR) is 46.3 cm³/mol. The van der Waals surface area contributed by atoms with Gasteiger partial charge in [0.25, 0.3) is 0 Å². The quantitative estimate of drug-likeness (QED) is 0.436. The maximum atomic E-state index is 9.69. The molecule has 0 bridgehead atoms. The maximum Gasteiger partial charge on any atom is 0.115 e. The summed E-state index contributed by atoms with van der Waals surface area (Å²) in [5, 5.41) is 9.69. The minimum Gasteiger partial charge on any atom is -1.00 e. The summed E-state index contributed by atoms with van der Waals surface area (Å²) >= 11 is 0. The highest BCUT2D eigenvalue weighted by molar-refractivity contribution is 4.74. The number of quaternary nitrogens is 1. The van der Waals surface area contributed by atoms with Crippen molar-refractivity contribution in [1.82, 2.24) is 0 Å². The van der Waals surface area contributed by atoms with Gasteiger partial charge >= 0.3 is 0 Å². The molecule has 0 aromatic carbocycles. The molecular weight excluding hydrogens is 265 g/mol. The van der Waals surface area contributed by atoms with Crippen LogP contribution in [0.2, 0.25) is 0 Å². The van der Waals surface area contributed by atoms with E-state index in [9.17, 15) is 5.11 Å². The molecular formula is C9H20INO. The molecule has 0 aromatic heterocycles. The predicted octanol–water partition coefficient (Wildman–Crippen LogP) is -2.00. The molecule has 1 saturated carbocycles. The Morgan fingerprint density at radius 2 is 1.58 bits per heavy atom. The third-order valence-corrected chi connectivity index (χ3v) is 2.69. The molecule has 1 fully saturated rings. The Morgan fingerprint density at radius 3 is 1.92 bits per heavy atom. The number of hydrogen-bond donors (Lipinski definition) is 1. The highest BCUT2D eigenvalue weighted by Crippen LogP contribution is 2.24. The Labute approximate surface area is 92.6 Å². The van der Waals surface area contributed by atoms with Crippen LogP contribution in [-0.2, 0) is 0 Å². The van der Waals surface area contributed by atoms with Gasteiger partial charge in [-0.05, 0) is 12.8 Å². The third kappa shape index (κ3) is 3.18. The zero-order valence-corrected chi connectivity index (χ0v) is 10.4. The van der Waals surface area contributed by atoms with Gasteiger partial charge in [-0.3, -0.25) is 0 Å². The fourth-order valence-corrected chi connectivity index (χ4v) is 2.00. The third-order valence-electron chi connectivity index (χ3n) is 2.69. The first-order valence-electron chi connectivity index (χ1n) is 4.51. The van der Waals surface area contributed by atoms with E-state index < -0.39 is 0 Å². The molecule has 2 nitrogen and oxygen atoms in total. The van der Waals surface area contributed by atoms with Crippen LogP contribution in [0, 0.1) is 0 Å². The monoisotopic (exact) mass is 285 g/mol. The molecule has 0 unspecified atom stereocenters. The molecule has 3 heteroatoms. The summed E-state index contributed by atoms with van der Waals surface area (Å²) in [6, 6.07) is 0.462. The zero-order chi connectivity index (χ0) is 8.48. The van der Waals surface area contributed by atoms with Crippen molar-refractivity contribution >= 4 is 0 Å². The van der Waals surface area contributed by atoms with Crippen molar-refractivity contribution in [2.75, 3.05) is 21.1 Å². The van der Waals surface area contributed by atoms with Gasteiger partial charge in [0.2, 0.25) is 0 Å². The highest BCUT2D eigenvalue weighted by atomic mass is 127. The van der Waals surface area contributed by atoms with Crippen molar-refractivity contribution in [3.8, 4) is 0 Å². The first kappa shape index (κ1) is 12.7. The van der Waals surface area contributed by atoms with Crippen molar-refractivity contribution < 1.29 is 33.6 Å². The lowest BCUT2D eigenvalue weighted by Crippen LogP contribution is -3.00. The van der Waals surface area contributed by atoms with E-state index in [1.807, 2.05) is 0 Å². The van der Waals surface area contributed by atoms with Crippen LogP contribution in [0.4, 0.5) is 0 Å². The maximum absolute atomic E-state index is 9.69. The number of aliphatic hydroxyl groups is 1. The van der Waals surface area contributed by atoms with Crippen LogP contribution in [0.25, 0.3) is 0 Å². The van der Waals surface area contributed by atoms with Gasteiger partial charge < -0.3 is 33.6 Å². The van der Waals surface area contributed by atoms with Gasteiger partial charge in [-0.1, -0.05) is 6.42 Å². The van der Waals surface area contributed by atoms with E-state index >= 15 is 0 Å². The topological polar surface area (TPSA) is 20.2 Å². The summed E-state index contributed by atoms with van der Waals surface area (Å²) in [7, 11) is 6.50. The molecule has 1 N–H and O–H groups in total. The van der Waals surface area contributed by atoms with Crippen molar-refractivity contribution in [2.45, 2.75) is 37.8 Å². The fourth-order valence-electron chi connectivity index (χ4n) is 2.00. The molecule has 74 valence electrons. The summed E-state index contributed by atoms with van der Waals surface area (Å²) in [4.78, 5) is 0. The van der Waals surface area contributed by atoms with E-state index in [1.54, 1.807) is 0 Å². The smallest absolute Gasteiger partial charge is 0.115 e. The molecule has 0 aromatic rings. The lowest BCUT2D eigenvalue weighted by Gasteiger charge is -2.39. The molecule has 12 heavy (non-hydrogen) atoms. The standard InChI is InChI=1S/C9H20NO.HI/c1-10(2,3)8-6-4-5-7-9(8)11;/h8-9,11H,4-7H2,1-3H3;1H/q+1;/p-1/t8-,9-;/m0./s1. The minimum atomic E-state index is -0.0660. The van der Waals surface area contributed by atoms with Gasteiger partial charge in [0.1, 0.15) is 12.1 Å². The average molecular weight is 285 g/mol. The van der Waals surface area contributed by atoms with Gasteiger partial charge in [0.15, 0.2) is 0 Å². The summed E-state index contributed by atoms with van der Waals surface area (Å²) in [6.07, 6.45) is 4.61. The molecule has 0 amide bonds. The van der Waals surface area contributed by atoms with Crippen LogP contribution in [-0.4, -0.2) is 42.9 Å². The second-order valence-corrected chi connectivity index (χ2v) is 4.54. The van der Waals surface area contributed by atoms with Crippen LogP contribution < -0.4 is 24.0 Å². The molecule has 0 aliphatic heterocycles. The lowest BCUT2D eigenvalue weighted by molar-refractivity contribution is -0.901. The van der Waals surface area contributed by atoms with Crippen LogP contribution in [0.1, 0.15) is 25.7 Å². The second kappa shape index (κ2) is 4.77. The molecule has 0 radical (unpaired) electrons. The van der Waals surface area contributed by atoms with Crippen LogP contribution in [0.3, 0.4) is 0 Å². The van der Waals surface area contributed by atoms with Crippen molar-refractivity contribution in [3.63, 3.8) is 0 Å². The van der Waals surface area contributed by atoms with E-state index in [0.29, 0.717) is 6.04 Å². The van der Waals surface area contributed by atoms with Crippen LogP contribution in [0.15, 0.2) is 0 Å². The normalized spacial score (nSPS) is 31.0. The van der Waals surface area contributed by atoms with Crippen LogP contribution in [0.5, 0.6) is 0 Å². The molecule has 0 heterocycles. The van der Waals surface area contributed by atoms with Crippen molar-refractivity contribution in [2.24, 2.45) is 0 Å². The number of likely N-dealkylation sites (N-methyl/N-ethyl adjacent to an activating group) is 1. The van der Waals surface area contributed by atoms with Gasteiger partial charge in [0.05, 0.1) is 21.1 Å². The molecule has 0 spiro atoms. The van der Waals surface area contributed by atoms with E-state index in [4.69, 9.17) is 0 Å². The Balaban J connectivity index is 0.00000121. The number of nitrogens with zero attached hydrogens (tertiary/aromatic N) is 1. The first-order chi connectivity index (χ1) is 5.02. The Kier molecular flexibility index (Phi) is 5.02. The summed E-state index contributed by atoms with van der Waals surface area (Å²) in [5.74, 6) is 0. The molecule has 1 aliphatic carbocycles. The number of aliphatic hydroxyl groups excluding tert-OH is 1. The van der Waals surface area contributed by atoms with Gasteiger partial charge in [-0.15, -0.1) is 0 Å². The van der Waals surface area contributed by atoms with E-state index in [0.717, 1.165) is 10.9 Å². The SMILES string of the molecule is C[N+](C)(C)[C@H]1CCCC[C@@H]1O.[I-]. The number of hydrogen-bond acceptors (Lipinski definition) is 1. The largest absolute Gasteiger partial charge is 1.00 e. The highest BCUT2D eigenvalue weighted by Gasteiger charge is 2.33. The average Bonchev–Trinajstić information content (AvgIpc) is 1.86. The lowest BCUT2D eigenvalue weighted by atomic mass is 9.91. The van der Waals surface area contributed by atoms with E-state index in [2.05, 4.69) is 21.1 Å². The van der Waals surface area contributed by atoms with E-state index in [-0.39, 0.29) is 30.1 Å². The minimum absolute atomic E-state index is 0. The van der Waals surface area contributed by atoms with Crippen molar-refractivity contribution in [1.29, 1.82) is 0 Å². The molecule has 0 saturated heterocycles. The summed E-state index contributed by atoms with van der Waals surface area (Å²) in [5.41, 5.74) is 0. The van der Waals surface area contributed by atoms with Gasteiger partial charge in [-0.2, -0.15) is 0 Å². The Morgan fingerprint density at radius 1 is 1.08 bits per heavy atom. The summed E-state index contributed by atoms with van der Waals surface area (Å²) in [6.45, 7) is 0. The first-order valence-corrected chi connectivity index (χ1v) is 4.51. The molecule has 2 atom stereocenters. The number of rotatable bonds is 1. The van der Waals surface area contributed by atoms with Gasteiger partial charge in [-0.25, -0.2) is 0 Å². The van der Waals surface area contributed by atoms with Crippen molar-refractivity contribution in [3.05, 3.63) is 0 Å². The van der Waals surface area contributed by atoms with Crippen LogP contribution >= 0.6 is 0 Å². The molecule has 1 rings (SSSR count). The number of halogens is 1. The van der Waals surface area contributed by atoms with E-state index in [1.165, 1.54) is 19.3 Å². The second-order valence-electron chi connectivity index (χ2n) is 4.54. The molecule has 1 aliphatic rings. The zero-order valence-electron chi connectivity index (χ0n) is 8.26. The Bertz CT molecular complexity index is 133. The van der Waals surface area contributed by atoms with Gasteiger partial charge in [0, 0.05) is 6.42 Å². The fraction of sp³-hybridized carbons (Fsp3) is 1.00.